The fourth-order valence-electron chi connectivity index (χ4n) is 4.06. The van der Waals surface area contributed by atoms with Crippen LogP contribution in [0.4, 0.5) is 18.9 Å². The molecule has 0 amide bonds. The van der Waals surface area contributed by atoms with Crippen LogP contribution in [0.1, 0.15) is 36.9 Å². The molecule has 1 aliphatic carbocycles. The van der Waals surface area contributed by atoms with Crippen molar-refractivity contribution in [3.05, 3.63) is 78.0 Å². The molecule has 150 valence electrons. The van der Waals surface area contributed by atoms with Gasteiger partial charge in [0.05, 0.1) is 11.6 Å². The molecule has 2 unspecified atom stereocenters. The van der Waals surface area contributed by atoms with Crippen LogP contribution in [-0.2, 0) is 0 Å². The second kappa shape index (κ2) is 7.19. The first-order chi connectivity index (χ1) is 13.8. The highest BCUT2D eigenvalue weighted by molar-refractivity contribution is 5.91. The average Bonchev–Trinajstić information content (AvgIpc) is 2.70. The number of nitrogens with one attached hydrogen (secondary N) is 1. The summed E-state index contributed by atoms with van der Waals surface area (Å²) in [6.07, 6.45) is -1.33. The van der Waals surface area contributed by atoms with E-state index in [1.54, 1.807) is 60.8 Å². The molecule has 0 aliphatic heterocycles. The summed E-state index contributed by atoms with van der Waals surface area (Å²) in [6.45, 7) is 1.87. The molecule has 0 saturated heterocycles. The van der Waals surface area contributed by atoms with Crippen molar-refractivity contribution in [2.45, 2.75) is 37.6 Å². The lowest BCUT2D eigenvalue weighted by Gasteiger charge is -2.44. The van der Waals surface area contributed by atoms with Crippen LogP contribution in [0.2, 0.25) is 0 Å². The van der Waals surface area contributed by atoms with E-state index < -0.39 is 24.2 Å². The fraction of sp³-hybridized carbons (Fsp3) is 0.261. The van der Waals surface area contributed by atoms with Crippen molar-refractivity contribution < 1.29 is 18.3 Å². The van der Waals surface area contributed by atoms with Gasteiger partial charge in [0.15, 0.2) is 5.60 Å². The van der Waals surface area contributed by atoms with Crippen LogP contribution < -0.4 is 5.32 Å². The van der Waals surface area contributed by atoms with E-state index in [0.29, 0.717) is 34.1 Å². The summed E-state index contributed by atoms with van der Waals surface area (Å²) in [5.74, 6) is 0. The molecule has 1 aromatic heterocycles. The molecule has 0 saturated carbocycles. The third-order valence-corrected chi connectivity index (χ3v) is 5.44. The van der Waals surface area contributed by atoms with Gasteiger partial charge in [0, 0.05) is 23.7 Å². The van der Waals surface area contributed by atoms with E-state index in [1.165, 1.54) is 0 Å². The van der Waals surface area contributed by atoms with Gasteiger partial charge in [-0.15, -0.1) is 0 Å². The maximum absolute atomic E-state index is 14.2. The number of hydrogen-bond acceptors (Lipinski definition) is 3. The van der Waals surface area contributed by atoms with E-state index in [-0.39, 0.29) is 0 Å². The molecule has 2 atom stereocenters. The highest BCUT2D eigenvalue weighted by Crippen LogP contribution is 2.52. The van der Waals surface area contributed by atoms with Crippen LogP contribution in [0, 0.1) is 0 Å². The molecule has 29 heavy (non-hydrogen) atoms. The van der Waals surface area contributed by atoms with Gasteiger partial charge in [-0.05, 0) is 47.4 Å². The molecular formula is C23H21F3N2O. The first-order valence-corrected chi connectivity index (χ1v) is 9.53. The molecule has 3 aromatic rings. The standard InChI is InChI=1S/C23H21F3N2O/c1-2-7-15-14-22(29,23(24,25)26)21(17-9-4-3-8-16(15)17)28-20-12-5-11-19-18(20)10-6-13-27-19/h3-13,21,28-29H,2,14H2,1H3. The third kappa shape index (κ3) is 3.27. The molecule has 1 heterocycles. The van der Waals surface area contributed by atoms with Gasteiger partial charge < -0.3 is 10.4 Å². The molecule has 0 bridgehead atoms. The summed E-state index contributed by atoms with van der Waals surface area (Å²) >= 11 is 0. The van der Waals surface area contributed by atoms with E-state index in [9.17, 15) is 18.3 Å². The lowest BCUT2D eigenvalue weighted by Crippen LogP contribution is -2.54. The Labute approximate surface area is 166 Å². The minimum absolute atomic E-state index is 0.430. The van der Waals surface area contributed by atoms with Crippen LogP contribution in [0.25, 0.3) is 16.5 Å². The number of halogens is 3. The van der Waals surface area contributed by atoms with Crippen LogP contribution in [0.15, 0.2) is 66.9 Å². The zero-order valence-corrected chi connectivity index (χ0v) is 15.9. The van der Waals surface area contributed by atoms with Gasteiger partial charge in [0.1, 0.15) is 0 Å². The topological polar surface area (TPSA) is 45.1 Å². The summed E-state index contributed by atoms with van der Waals surface area (Å²) < 4.78 is 42.5. The summed E-state index contributed by atoms with van der Waals surface area (Å²) in [5.41, 5.74) is -0.0872. The first-order valence-electron chi connectivity index (χ1n) is 9.53. The Morgan fingerprint density at radius 3 is 2.69 bits per heavy atom. The normalized spacial score (nSPS) is 23.2. The minimum atomic E-state index is -4.81. The number of aromatic nitrogens is 1. The highest BCUT2D eigenvalue weighted by Gasteiger charge is 2.61. The maximum Gasteiger partial charge on any atom is 0.419 e. The zero-order chi connectivity index (χ0) is 20.6. The van der Waals surface area contributed by atoms with Gasteiger partial charge >= 0.3 is 6.18 Å². The van der Waals surface area contributed by atoms with Gasteiger partial charge in [0.25, 0.3) is 0 Å². The number of allylic oxidation sites excluding steroid dienone is 1. The predicted molar refractivity (Wildman–Crippen MR) is 108 cm³/mol. The van der Waals surface area contributed by atoms with E-state index in [0.717, 1.165) is 5.56 Å². The SMILES string of the molecule is CCC=C1CC(O)(C(F)(F)F)C(Nc2cccc3ncccc23)c2ccccc21. The molecule has 0 radical (unpaired) electrons. The molecule has 4 rings (SSSR count). The van der Waals surface area contributed by atoms with Crippen LogP contribution >= 0.6 is 0 Å². The number of hydrogen-bond donors (Lipinski definition) is 2. The molecule has 2 aromatic carbocycles. The second-order valence-electron chi connectivity index (χ2n) is 7.28. The van der Waals surface area contributed by atoms with E-state index >= 15 is 0 Å². The van der Waals surface area contributed by atoms with Crippen molar-refractivity contribution in [3.63, 3.8) is 0 Å². The van der Waals surface area contributed by atoms with Gasteiger partial charge in [-0.1, -0.05) is 43.3 Å². The summed E-state index contributed by atoms with van der Waals surface area (Å²) in [5, 5.41) is 14.7. The quantitative estimate of drug-likeness (QED) is 0.579. The van der Waals surface area contributed by atoms with Gasteiger partial charge in [-0.2, -0.15) is 13.2 Å². The average molecular weight is 398 g/mol. The number of rotatable bonds is 3. The highest BCUT2D eigenvalue weighted by atomic mass is 19.4. The monoisotopic (exact) mass is 398 g/mol. The lowest BCUT2D eigenvalue weighted by atomic mass is 9.72. The maximum atomic E-state index is 14.2. The number of nitrogens with zero attached hydrogens (tertiary/aromatic N) is 1. The molecule has 0 fully saturated rings. The Morgan fingerprint density at radius 1 is 1.14 bits per heavy atom. The van der Waals surface area contributed by atoms with Crippen LogP contribution in [0.5, 0.6) is 0 Å². The van der Waals surface area contributed by atoms with E-state index in [2.05, 4.69) is 10.3 Å². The van der Waals surface area contributed by atoms with Crippen molar-refractivity contribution in [1.29, 1.82) is 0 Å². The van der Waals surface area contributed by atoms with Gasteiger partial charge in [-0.25, -0.2) is 0 Å². The molecule has 3 nitrogen and oxygen atoms in total. The first kappa shape index (κ1) is 19.5. The Balaban J connectivity index is 1.90. The summed E-state index contributed by atoms with van der Waals surface area (Å²) in [6, 6.07) is 14.4. The van der Waals surface area contributed by atoms with Gasteiger partial charge in [-0.3, -0.25) is 4.98 Å². The predicted octanol–water partition coefficient (Wildman–Crippen LogP) is 5.88. The van der Waals surface area contributed by atoms with Crippen molar-refractivity contribution in [2.24, 2.45) is 0 Å². The third-order valence-electron chi connectivity index (χ3n) is 5.44. The fourth-order valence-corrected chi connectivity index (χ4v) is 4.06. The smallest absolute Gasteiger partial charge is 0.378 e. The Hall–Kier alpha value is -2.86. The minimum Gasteiger partial charge on any atom is -0.378 e. The molecule has 1 aliphatic rings. The Bertz CT molecular complexity index is 1070. The lowest BCUT2D eigenvalue weighted by molar-refractivity contribution is -0.265. The van der Waals surface area contributed by atoms with Crippen molar-refractivity contribution in [3.8, 4) is 0 Å². The largest absolute Gasteiger partial charge is 0.419 e. The molecular weight excluding hydrogens is 377 g/mol. The number of pyridine rings is 1. The molecule has 2 N–H and O–H groups in total. The van der Waals surface area contributed by atoms with Crippen LogP contribution in [-0.4, -0.2) is 21.9 Å². The summed E-state index contributed by atoms with van der Waals surface area (Å²) in [7, 11) is 0. The number of aliphatic hydroxyl groups is 1. The molecule has 6 heteroatoms. The van der Waals surface area contributed by atoms with Crippen molar-refractivity contribution >= 4 is 22.2 Å². The molecule has 0 spiro atoms. The number of benzene rings is 2. The Morgan fingerprint density at radius 2 is 1.93 bits per heavy atom. The van der Waals surface area contributed by atoms with E-state index in [4.69, 9.17) is 0 Å². The number of anilines is 1. The number of fused-ring (bicyclic) bond motifs is 2. The van der Waals surface area contributed by atoms with Crippen molar-refractivity contribution in [2.75, 3.05) is 5.32 Å². The number of alkyl halides is 3. The Kier molecular flexibility index (Phi) is 4.82. The van der Waals surface area contributed by atoms with Crippen molar-refractivity contribution in [1.82, 2.24) is 4.98 Å². The van der Waals surface area contributed by atoms with E-state index in [1.807, 2.05) is 13.0 Å². The second-order valence-corrected chi connectivity index (χ2v) is 7.28. The van der Waals surface area contributed by atoms with Crippen LogP contribution in [0.3, 0.4) is 0 Å². The zero-order valence-electron chi connectivity index (χ0n) is 15.9. The van der Waals surface area contributed by atoms with Gasteiger partial charge in [0.2, 0.25) is 0 Å². The summed E-state index contributed by atoms with van der Waals surface area (Å²) in [4.78, 5) is 4.27.